The van der Waals surface area contributed by atoms with E-state index in [-0.39, 0.29) is 0 Å². The Kier molecular flexibility index (Phi) is 4.62. The summed E-state index contributed by atoms with van der Waals surface area (Å²) in [6.07, 6.45) is 2.32. The van der Waals surface area contributed by atoms with Crippen molar-refractivity contribution in [3.8, 4) is 0 Å². The van der Waals surface area contributed by atoms with E-state index < -0.39 is 0 Å². The van der Waals surface area contributed by atoms with Gasteiger partial charge < -0.3 is 5.32 Å². The number of aryl methyl sites for hydroxylation is 3. The molecule has 1 heteroatoms. The van der Waals surface area contributed by atoms with Gasteiger partial charge in [-0.1, -0.05) is 49.7 Å². The molecule has 0 saturated heterocycles. The van der Waals surface area contributed by atoms with Crippen molar-refractivity contribution >= 4 is 5.69 Å². The van der Waals surface area contributed by atoms with Crippen molar-refractivity contribution in [2.24, 2.45) is 0 Å². The van der Waals surface area contributed by atoms with Gasteiger partial charge >= 0.3 is 0 Å². The second-order valence-electron chi connectivity index (χ2n) is 5.18. The van der Waals surface area contributed by atoms with Crippen LogP contribution in [0.3, 0.4) is 0 Å². The molecule has 0 aliphatic rings. The molecule has 1 nitrogen and oxygen atoms in total. The summed E-state index contributed by atoms with van der Waals surface area (Å²) in [6, 6.07) is 15.3. The van der Waals surface area contributed by atoms with Gasteiger partial charge in [0.15, 0.2) is 0 Å². The van der Waals surface area contributed by atoms with Crippen molar-refractivity contribution in [1.29, 1.82) is 0 Å². The predicted molar refractivity (Wildman–Crippen MR) is 83.7 cm³/mol. The van der Waals surface area contributed by atoms with E-state index in [9.17, 15) is 0 Å². The van der Waals surface area contributed by atoms with Crippen molar-refractivity contribution in [2.75, 3.05) is 5.32 Å². The minimum atomic E-state index is 0.891. The molecule has 0 heterocycles. The maximum absolute atomic E-state index is 3.56. The van der Waals surface area contributed by atoms with E-state index in [4.69, 9.17) is 0 Å². The Morgan fingerprint density at radius 2 is 1.74 bits per heavy atom. The highest BCUT2D eigenvalue weighted by Crippen LogP contribution is 2.18. The van der Waals surface area contributed by atoms with Gasteiger partial charge in [-0.15, -0.1) is 0 Å². The van der Waals surface area contributed by atoms with Gasteiger partial charge in [-0.3, -0.25) is 0 Å². The van der Waals surface area contributed by atoms with Gasteiger partial charge in [-0.2, -0.15) is 0 Å². The van der Waals surface area contributed by atoms with Crippen LogP contribution in [0.25, 0.3) is 0 Å². The van der Waals surface area contributed by atoms with Crippen molar-refractivity contribution in [3.05, 3.63) is 64.7 Å². The normalized spacial score (nSPS) is 10.5. The Balaban J connectivity index is 2.07. The highest BCUT2D eigenvalue weighted by atomic mass is 14.9. The van der Waals surface area contributed by atoms with Crippen LogP contribution in [-0.4, -0.2) is 0 Å². The molecule has 0 aliphatic carbocycles. The summed E-state index contributed by atoms with van der Waals surface area (Å²) in [6.45, 7) is 7.44. The number of hydrogen-bond acceptors (Lipinski definition) is 1. The van der Waals surface area contributed by atoms with Crippen molar-refractivity contribution in [3.63, 3.8) is 0 Å². The molecular formula is C18H23N. The van der Waals surface area contributed by atoms with Crippen molar-refractivity contribution in [2.45, 2.75) is 40.2 Å². The SMILES string of the molecule is CCCc1ccccc1NCc1ccc(C)c(C)c1. The van der Waals surface area contributed by atoms with Crippen LogP contribution in [0.5, 0.6) is 0 Å². The lowest BCUT2D eigenvalue weighted by atomic mass is 10.1. The van der Waals surface area contributed by atoms with Crippen LogP contribution >= 0.6 is 0 Å². The van der Waals surface area contributed by atoms with Gasteiger partial charge in [-0.05, 0) is 48.6 Å². The number of hydrogen-bond donors (Lipinski definition) is 1. The zero-order valence-electron chi connectivity index (χ0n) is 12.2. The first-order chi connectivity index (χ1) is 9.20. The second-order valence-corrected chi connectivity index (χ2v) is 5.18. The zero-order chi connectivity index (χ0) is 13.7. The number of benzene rings is 2. The lowest BCUT2D eigenvalue weighted by molar-refractivity contribution is 0.919. The summed E-state index contributed by atoms with van der Waals surface area (Å²) in [7, 11) is 0. The topological polar surface area (TPSA) is 12.0 Å². The molecule has 19 heavy (non-hydrogen) atoms. The Bertz CT molecular complexity index is 543. The van der Waals surface area contributed by atoms with E-state index in [1.807, 2.05) is 0 Å². The smallest absolute Gasteiger partial charge is 0.0400 e. The van der Waals surface area contributed by atoms with E-state index in [2.05, 4.69) is 68.6 Å². The van der Waals surface area contributed by atoms with E-state index in [0.29, 0.717) is 0 Å². The van der Waals surface area contributed by atoms with Gasteiger partial charge in [0.2, 0.25) is 0 Å². The molecule has 0 bridgehead atoms. The van der Waals surface area contributed by atoms with E-state index in [1.54, 1.807) is 0 Å². The molecule has 2 aromatic rings. The highest BCUT2D eigenvalue weighted by molar-refractivity contribution is 5.51. The minimum absolute atomic E-state index is 0.891. The Morgan fingerprint density at radius 1 is 0.947 bits per heavy atom. The minimum Gasteiger partial charge on any atom is -0.381 e. The quantitative estimate of drug-likeness (QED) is 0.801. The van der Waals surface area contributed by atoms with Gasteiger partial charge in [-0.25, -0.2) is 0 Å². The highest BCUT2D eigenvalue weighted by Gasteiger charge is 2.01. The number of anilines is 1. The maximum Gasteiger partial charge on any atom is 0.0400 e. The van der Waals surface area contributed by atoms with Gasteiger partial charge in [0.05, 0.1) is 0 Å². The monoisotopic (exact) mass is 253 g/mol. The molecule has 0 aromatic heterocycles. The molecule has 0 aliphatic heterocycles. The van der Waals surface area contributed by atoms with E-state index in [0.717, 1.165) is 13.0 Å². The van der Waals surface area contributed by atoms with E-state index >= 15 is 0 Å². The summed E-state index contributed by atoms with van der Waals surface area (Å²) in [4.78, 5) is 0. The molecule has 0 amide bonds. The third kappa shape index (κ3) is 3.60. The molecule has 0 unspecified atom stereocenters. The van der Waals surface area contributed by atoms with Crippen LogP contribution in [0.2, 0.25) is 0 Å². The van der Waals surface area contributed by atoms with Gasteiger partial charge in [0.25, 0.3) is 0 Å². The zero-order valence-corrected chi connectivity index (χ0v) is 12.2. The molecule has 0 atom stereocenters. The Labute approximate surface area is 116 Å². The fourth-order valence-corrected chi connectivity index (χ4v) is 2.29. The average Bonchev–Trinajstić information content (AvgIpc) is 2.42. The predicted octanol–water partition coefficient (Wildman–Crippen LogP) is 4.87. The first kappa shape index (κ1) is 13.7. The first-order valence-electron chi connectivity index (χ1n) is 7.08. The van der Waals surface area contributed by atoms with Crippen molar-refractivity contribution in [1.82, 2.24) is 0 Å². The molecule has 0 radical (unpaired) electrons. The van der Waals surface area contributed by atoms with Crippen LogP contribution in [0.1, 0.15) is 35.6 Å². The lowest BCUT2D eigenvalue weighted by Gasteiger charge is -2.12. The fraction of sp³-hybridized carbons (Fsp3) is 0.333. The molecular weight excluding hydrogens is 230 g/mol. The Hall–Kier alpha value is -1.76. The third-order valence-corrected chi connectivity index (χ3v) is 3.59. The first-order valence-corrected chi connectivity index (χ1v) is 7.08. The van der Waals surface area contributed by atoms with Crippen LogP contribution < -0.4 is 5.32 Å². The standard InChI is InChI=1S/C18H23N/c1-4-7-17-8-5-6-9-18(17)19-13-16-11-10-14(2)15(3)12-16/h5-6,8-12,19H,4,7,13H2,1-3H3. The third-order valence-electron chi connectivity index (χ3n) is 3.59. The van der Waals surface area contributed by atoms with Gasteiger partial charge in [0.1, 0.15) is 0 Å². The molecule has 0 fully saturated rings. The van der Waals surface area contributed by atoms with Crippen LogP contribution in [0.4, 0.5) is 5.69 Å². The molecule has 2 aromatic carbocycles. The summed E-state index contributed by atoms with van der Waals surface area (Å²) < 4.78 is 0. The Morgan fingerprint density at radius 3 is 2.47 bits per heavy atom. The summed E-state index contributed by atoms with van der Waals surface area (Å²) in [5.74, 6) is 0. The van der Waals surface area contributed by atoms with Crippen LogP contribution in [-0.2, 0) is 13.0 Å². The molecule has 2 rings (SSSR count). The molecule has 100 valence electrons. The molecule has 1 N–H and O–H groups in total. The fourth-order valence-electron chi connectivity index (χ4n) is 2.29. The maximum atomic E-state index is 3.56. The number of nitrogens with one attached hydrogen (secondary N) is 1. The van der Waals surface area contributed by atoms with E-state index in [1.165, 1.54) is 34.4 Å². The summed E-state index contributed by atoms with van der Waals surface area (Å²) in [5, 5.41) is 3.56. The number of para-hydroxylation sites is 1. The average molecular weight is 253 g/mol. The summed E-state index contributed by atoms with van der Waals surface area (Å²) >= 11 is 0. The van der Waals surface area contributed by atoms with Crippen LogP contribution in [0.15, 0.2) is 42.5 Å². The molecule has 0 spiro atoms. The number of rotatable bonds is 5. The largest absolute Gasteiger partial charge is 0.381 e. The summed E-state index contributed by atoms with van der Waals surface area (Å²) in [5.41, 5.74) is 6.74. The van der Waals surface area contributed by atoms with Gasteiger partial charge in [0, 0.05) is 12.2 Å². The second kappa shape index (κ2) is 6.42. The molecule has 0 saturated carbocycles. The van der Waals surface area contributed by atoms with Crippen LogP contribution in [0, 0.1) is 13.8 Å². The van der Waals surface area contributed by atoms with Crippen molar-refractivity contribution < 1.29 is 0 Å². The lowest BCUT2D eigenvalue weighted by Crippen LogP contribution is -2.02.